The normalized spacial score (nSPS) is 11.3. The first-order valence-electron chi connectivity index (χ1n) is 12.3. The van der Waals surface area contributed by atoms with E-state index >= 15 is 0 Å². The van der Waals surface area contributed by atoms with E-state index in [0.717, 1.165) is 25.0 Å². The van der Waals surface area contributed by atoms with Gasteiger partial charge in [-0.2, -0.15) is 0 Å². The lowest BCUT2D eigenvalue weighted by atomic mass is 9.72. The fourth-order valence-corrected chi connectivity index (χ4v) is 3.69. The zero-order valence-corrected chi connectivity index (χ0v) is 22.4. The van der Waals surface area contributed by atoms with Crippen molar-refractivity contribution >= 4 is 0 Å². The Bertz CT molecular complexity index is 735. The molecule has 0 aliphatic rings. The predicted octanol–water partition coefficient (Wildman–Crippen LogP) is 9.29. The van der Waals surface area contributed by atoms with E-state index in [2.05, 4.69) is 115 Å². The van der Waals surface area contributed by atoms with Crippen LogP contribution < -0.4 is 5.32 Å². The molecule has 2 aromatic carbocycles. The van der Waals surface area contributed by atoms with Gasteiger partial charge >= 0.3 is 0 Å². The molecule has 1 heteroatoms. The van der Waals surface area contributed by atoms with Gasteiger partial charge in [0.05, 0.1) is 0 Å². The lowest BCUT2D eigenvalue weighted by Crippen LogP contribution is -2.28. The molecule has 0 saturated heterocycles. The lowest BCUT2D eigenvalue weighted by Gasteiger charge is -2.32. The van der Waals surface area contributed by atoms with Crippen molar-refractivity contribution < 1.29 is 0 Å². The average Bonchev–Trinajstić information content (AvgIpc) is 2.74. The van der Waals surface area contributed by atoms with Crippen LogP contribution in [-0.2, 0) is 5.41 Å². The van der Waals surface area contributed by atoms with Gasteiger partial charge in [0.25, 0.3) is 0 Å². The smallest absolute Gasteiger partial charge is 0.0266 e. The Morgan fingerprint density at radius 2 is 1.25 bits per heavy atom. The van der Waals surface area contributed by atoms with E-state index in [1.54, 1.807) is 0 Å². The maximum absolute atomic E-state index is 4.28. The summed E-state index contributed by atoms with van der Waals surface area (Å²) in [4.78, 5) is 0. The first kappa shape index (κ1) is 29.7. The summed E-state index contributed by atoms with van der Waals surface area (Å²) in [6, 6.07) is 18.3. The molecule has 1 nitrogen and oxygen atoms in total. The van der Waals surface area contributed by atoms with Crippen LogP contribution in [-0.4, -0.2) is 6.04 Å². The molecule has 0 aliphatic carbocycles. The van der Waals surface area contributed by atoms with Crippen molar-refractivity contribution in [3.63, 3.8) is 0 Å². The molecule has 1 N–H and O–H groups in total. The Kier molecular flexibility index (Phi) is 14.4. The second-order valence-electron chi connectivity index (χ2n) is 9.08. The summed E-state index contributed by atoms with van der Waals surface area (Å²) in [5.41, 5.74) is 7.58. The molecule has 0 fully saturated rings. The number of hydrogen-bond acceptors (Lipinski definition) is 1. The van der Waals surface area contributed by atoms with E-state index in [0.29, 0.717) is 6.04 Å². The van der Waals surface area contributed by atoms with Crippen LogP contribution in [0.4, 0.5) is 0 Å². The van der Waals surface area contributed by atoms with Gasteiger partial charge in [0.15, 0.2) is 0 Å². The van der Waals surface area contributed by atoms with Crippen molar-refractivity contribution in [1.29, 1.82) is 0 Å². The summed E-state index contributed by atoms with van der Waals surface area (Å²) < 4.78 is 0. The molecule has 2 aromatic rings. The van der Waals surface area contributed by atoms with Crippen LogP contribution in [0.5, 0.6) is 0 Å². The van der Waals surface area contributed by atoms with E-state index in [1.807, 2.05) is 13.8 Å². The van der Waals surface area contributed by atoms with Crippen molar-refractivity contribution in [2.75, 3.05) is 0 Å². The SMILES string of the molecule is C=C(C)CC(C)NC(=C)CCC(C)(c1ccc(C)cc1)c1ccc(C)cc1.CC.CCC. The molecule has 0 aliphatic heterocycles. The Morgan fingerprint density at radius 1 is 0.875 bits per heavy atom. The standard InChI is InChI=1S/C26H35N.C3H8.C2H6/c1-19(2)18-23(6)27-22(5)16-17-26(7,24-12-8-20(3)9-13-24)25-14-10-21(4)11-15-25;1-3-2;1-2/h8-15,23,27H,1,5,16-18H2,2-4,6-7H3;3H2,1-2H3;1-2H3. The monoisotopic (exact) mass is 435 g/mol. The number of benzene rings is 2. The van der Waals surface area contributed by atoms with Crippen LogP contribution in [0.2, 0.25) is 0 Å². The minimum atomic E-state index is -0.0381. The van der Waals surface area contributed by atoms with Gasteiger partial charge in [-0.15, -0.1) is 6.58 Å². The summed E-state index contributed by atoms with van der Waals surface area (Å²) in [6.45, 7) is 27.4. The first-order chi connectivity index (χ1) is 15.1. The summed E-state index contributed by atoms with van der Waals surface area (Å²) in [6.07, 6.45) is 4.19. The highest BCUT2D eigenvalue weighted by molar-refractivity contribution is 5.40. The molecule has 0 heterocycles. The summed E-state index contributed by atoms with van der Waals surface area (Å²) in [5, 5.41) is 3.55. The molecule has 0 spiro atoms. The van der Waals surface area contributed by atoms with E-state index in [-0.39, 0.29) is 5.41 Å². The second-order valence-corrected chi connectivity index (χ2v) is 9.08. The maximum Gasteiger partial charge on any atom is 0.0266 e. The third kappa shape index (κ3) is 10.4. The Morgan fingerprint density at radius 3 is 1.59 bits per heavy atom. The van der Waals surface area contributed by atoms with Gasteiger partial charge in [0.1, 0.15) is 0 Å². The van der Waals surface area contributed by atoms with Gasteiger partial charge in [-0.25, -0.2) is 0 Å². The molecule has 1 unspecified atom stereocenters. The third-order valence-electron chi connectivity index (χ3n) is 5.41. The zero-order chi connectivity index (χ0) is 24.7. The first-order valence-corrected chi connectivity index (χ1v) is 12.3. The Balaban J connectivity index is 0.00000177. The molecule has 0 bridgehead atoms. The van der Waals surface area contributed by atoms with E-state index in [9.17, 15) is 0 Å². The molecule has 0 saturated carbocycles. The maximum atomic E-state index is 4.28. The highest BCUT2D eigenvalue weighted by atomic mass is 14.9. The fraction of sp³-hybridized carbons (Fsp3) is 0.484. The molecule has 32 heavy (non-hydrogen) atoms. The Hall–Kier alpha value is -2.28. The summed E-state index contributed by atoms with van der Waals surface area (Å²) in [5.74, 6) is 0. The molecule has 2 rings (SSSR count). The molecule has 0 aromatic heterocycles. The van der Waals surface area contributed by atoms with Crippen molar-refractivity contribution in [2.24, 2.45) is 0 Å². The topological polar surface area (TPSA) is 12.0 Å². The van der Waals surface area contributed by atoms with Crippen molar-refractivity contribution in [3.8, 4) is 0 Å². The van der Waals surface area contributed by atoms with Gasteiger partial charge < -0.3 is 5.32 Å². The highest BCUT2D eigenvalue weighted by Gasteiger charge is 2.28. The van der Waals surface area contributed by atoms with Crippen LogP contribution in [0.3, 0.4) is 0 Å². The number of nitrogens with one attached hydrogen (secondary N) is 1. The average molecular weight is 436 g/mol. The van der Waals surface area contributed by atoms with Crippen LogP contribution in [0.25, 0.3) is 0 Å². The van der Waals surface area contributed by atoms with Crippen molar-refractivity contribution in [1.82, 2.24) is 5.32 Å². The van der Waals surface area contributed by atoms with Crippen LogP contribution in [0, 0.1) is 13.8 Å². The number of hydrogen-bond donors (Lipinski definition) is 1. The van der Waals surface area contributed by atoms with Gasteiger partial charge in [0, 0.05) is 17.2 Å². The lowest BCUT2D eigenvalue weighted by molar-refractivity contribution is 0.496. The number of rotatable bonds is 9. The van der Waals surface area contributed by atoms with Gasteiger partial charge in [0.2, 0.25) is 0 Å². The van der Waals surface area contributed by atoms with Crippen LogP contribution in [0.15, 0.2) is 73.0 Å². The van der Waals surface area contributed by atoms with E-state index < -0.39 is 0 Å². The fourth-order valence-electron chi connectivity index (χ4n) is 3.69. The van der Waals surface area contributed by atoms with Crippen molar-refractivity contribution in [2.45, 2.75) is 99.5 Å². The van der Waals surface area contributed by atoms with Crippen molar-refractivity contribution in [3.05, 3.63) is 95.2 Å². The molecule has 178 valence electrons. The molecular weight excluding hydrogens is 386 g/mol. The number of aryl methyl sites for hydroxylation is 2. The molecular formula is C31H49N. The minimum absolute atomic E-state index is 0.0381. The van der Waals surface area contributed by atoms with Gasteiger partial charge in [-0.05, 0) is 58.1 Å². The molecule has 0 radical (unpaired) electrons. The van der Waals surface area contributed by atoms with Crippen LogP contribution >= 0.6 is 0 Å². The van der Waals surface area contributed by atoms with Gasteiger partial charge in [-0.1, -0.05) is 113 Å². The van der Waals surface area contributed by atoms with E-state index in [1.165, 1.54) is 34.2 Å². The largest absolute Gasteiger partial charge is 0.386 e. The van der Waals surface area contributed by atoms with E-state index in [4.69, 9.17) is 0 Å². The highest BCUT2D eigenvalue weighted by Crippen LogP contribution is 2.37. The molecule has 0 amide bonds. The summed E-state index contributed by atoms with van der Waals surface area (Å²) in [7, 11) is 0. The third-order valence-corrected chi connectivity index (χ3v) is 5.41. The Labute approximate surface area is 200 Å². The molecule has 1 atom stereocenters. The number of allylic oxidation sites excluding steroid dienone is 1. The van der Waals surface area contributed by atoms with Crippen LogP contribution in [0.1, 0.15) is 96.4 Å². The van der Waals surface area contributed by atoms with Gasteiger partial charge in [-0.3, -0.25) is 0 Å². The quantitative estimate of drug-likeness (QED) is 0.387. The minimum Gasteiger partial charge on any atom is -0.386 e. The zero-order valence-electron chi connectivity index (χ0n) is 22.4. The second kappa shape index (κ2) is 15.5. The predicted molar refractivity (Wildman–Crippen MR) is 147 cm³/mol. The summed E-state index contributed by atoms with van der Waals surface area (Å²) >= 11 is 0.